The Morgan fingerprint density at radius 1 is 1.12 bits per heavy atom. The Labute approximate surface area is 97.4 Å². The molecule has 4 N–H and O–H groups in total. The average Bonchev–Trinajstić information content (AvgIpc) is 2.28. The Balaban J connectivity index is 2.55. The Kier molecular flexibility index (Phi) is 2.74. The number of carbonyl (C=O) groups is 2. The van der Waals surface area contributed by atoms with Crippen LogP contribution in [-0.2, 0) is 9.59 Å². The van der Waals surface area contributed by atoms with Crippen molar-refractivity contribution in [1.29, 1.82) is 0 Å². The van der Waals surface area contributed by atoms with E-state index in [-0.39, 0.29) is 0 Å². The van der Waals surface area contributed by atoms with Crippen LogP contribution in [0.25, 0.3) is 10.9 Å². The van der Waals surface area contributed by atoms with Crippen molar-refractivity contribution in [3.8, 4) is 0 Å². The van der Waals surface area contributed by atoms with E-state index in [9.17, 15) is 9.59 Å². The smallest absolute Gasteiger partial charge is 0.234 e. The molecule has 86 valence electrons. The molecular formula is C12H11N3O2. The van der Waals surface area contributed by atoms with Gasteiger partial charge in [0.25, 0.3) is 0 Å². The molecular weight excluding hydrogens is 218 g/mol. The highest BCUT2D eigenvalue weighted by Crippen LogP contribution is 2.20. The molecule has 0 atom stereocenters. The molecule has 2 amide bonds. The highest BCUT2D eigenvalue weighted by Gasteiger charge is 2.23. The Morgan fingerprint density at radius 3 is 2.47 bits per heavy atom. The van der Waals surface area contributed by atoms with E-state index in [1.54, 1.807) is 30.5 Å². The summed E-state index contributed by atoms with van der Waals surface area (Å²) in [5.41, 5.74) is 11.6. The minimum absolute atomic E-state index is 0.491. The summed E-state index contributed by atoms with van der Waals surface area (Å²) in [6, 6.07) is 8.67. The quantitative estimate of drug-likeness (QED) is 0.740. The number of aromatic nitrogens is 1. The molecule has 2 rings (SSSR count). The van der Waals surface area contributed by atoms with Crippen LogP contribution < -0.4 is 11.5 Å². The lowest BCUT2D eigenvalue weighted by atomic mass is 9.96. The standard InChI is InChI=1S/C12H11N3O2/c13-11(16)10(12(14)17)8-3-4-9-7(6-8)2-1-5-15-9/h1-6,10H,(H2,13,16)(H2,14,17). The molecule has 0 saturated heterocycles. The van der Waals surface area contributed by atoms with E-state index in [2.05, 4.69) is 4.98 Å². The van der Waals surface area contributed by atoms with Gasteiger partial charge in [0.15, 0.2) is 0 Å². The van der Waals surface area contributed by atoms with E-state index in [0.717, 1.165) is 10.9 Å². The molecule has 0 fully saturated rings. The molecule has 0 aliphatic rings. The Hall–Kier alpha value is -2.43. The topological polar surface area (TPSA) is 99.1 Å². The van der Waals surface area contributed by atoms with Gasteiger partial charge in [-0.15, -0.1) is 0 Å². The third-order valence-electron chi connectivity index (χ3n) is 2.53. The van der Waals surface area contributed by atoms with E-state index < -0.39 is 17.7 Å². The fourth-order valence-electron chi connectivity index (χ4n) is 1.74. The van der Waals surface area contributed by atoms with Gasteiger partial charge in [0, 0.05) is 11.6 Å². The van der Waals surface area contributed by atoms with E-state index >= 15 is 0 Å². The second-order valence-electron chi connectivity index (χ2n) is 3.69. The predicted octanol–water partition coefficient (Wildman–Crippen LogP) is 0.289. The van der Waals surface area contributed by atoms with Crippen molar-refractivity contribution in [2.75, 3.05) is 0 Å². The third kappa shape index (κ3) is 2.08. The molecule has 1 heterocycles. The number of hydrogen-bond acceptors (Lipinski definition) is 3. The van der Waals surface area contributed by atoms with Gasteiger partial charge in [-0.1, -0.05) is 12.1 Å². The lowest BCUT2D eigenvalue weighted by Crippen LogP contribution is -2.32. The summed E-state index contributed by atoms with van der Waals surface area (Å²) in [5.74, 6) is -2.60. The summed E-state index contributed by atoms with van der Waals surface area (Å²) in [5, 5.41) is 0.831. The second kappa shape index (κ2) is 4.21. The first-order valence-electron chi connectivity index (χ1n) is 5.03. The van der Waals surface area contributed by atoms with Crippen molar-refractivity contribution < 1.29 is 9.59 Å². The monoisotopic (exact) mass is 229 g/mol. The first-order chi connectivity index (χ1) is 8.09. The number of primary amides is 2. The minimum atomic E-state index is -1.10. The third-order valence-corrected chi connectivity index (χ3v) is 2.53. The van der Waals surface area contributed by atoms with Crippen molar-refractivity contribution in [1.82, 2.24) is 4.98 Å². The zero-order valence-electron chi connectivity index (χ0n) is 8.96. The summed E-state index contributed by atoms with van der Waals surface area (Å²) >= 11 is 0. The Bertz CT molecular complexity index is 581. The zero-order valence-corrected chi connectivity index (χ0v) is 8.96. The molecule has 5 nitrogen and oxygen atoms in total. The van der Waals surface area contributed by atoms with Crippen LogP contribution in [0.5, 0.6) is 0 Å². The van der Waals surface area contributed by atoms with Gasteiger partial charge >= 0.3 is 0 Å². The van der Waals surface area contributed by atoms with Crippen molar-refractivity contribution >= 4 is 22.7 Å². The van der Waals surface area contributed by atoms with Gasteiger partial charge in [-0.2, -0.15) is 0 Å². The molecule has 0 unspecified atom stereocenters. The number of pyridine rings is 1. The van der Waals surface area contributed by atoms with Gasteiger partial charge in [-0.05, 0) is 23.8 Å². The number of nitrogens with two attached hydrogens (primary N) is 2. The summed E-state index contributed by atoms with van der Waals surface area (Å²) in [4.78, 5) is 26.5. The summed E-state index contributed by atoms with van der Waals surface area (Å²) in [7, 11) is 0. The number of rotatable bonds is 3. The molecule has 1 aromatic heterocycles. The van der Waals surface area contributed by atoms with Gasteiger partial charge in [0.05, 0.1) is 5.52 Å². The highest BCUT2D eigenvalue weighted by molar-refractivity contribution is 6.04. The number of fused-ring (bicyclic) bond motifs is 1. The number of nitrogens with zero attached hydrogens (tertiary/aromatic N) is 1. The van der Waals surface area contributed by atoms with E-state index in [0.29, 0.717) is 5.56 Å². The van der Waals surface area contributed by atoms with Crippen molar-refractivity contribution in [2.45, 2.75) is 5.92 Å². The van der Waals surface area contributed by atoms with Gasteiger partial charge < -0.3 is 11.5 Å². The van der Waals surface area contributed by atoms with Gasteiger partial charge in [0.2, 0.25) is 11.8 Å². The van der Waals surface area contributed by atoms with Crippen LogP contribution in [0.2, 0.25) is 0 Å². The van der Waals surface area contributed by atoms with Crippen LogP contribution in [0.1, 0.15) is 11.5 Å². The van der Waals surface area contributed by atoms with E-state index in [1.165, 1.54) is 0 Å². The first-order valence-corrected chi connectivity index (χ1v) is 5.03. The largest absolute Gasteiger partial charge is 0.369 e. The lowest BCUT2D eigenvalue weighted by molar-refractivity contribution is -0.128. The van der Waals surface area contributed by atoms with Gasteiger partial charge in [0.1, 0.15) is 5.92 Å². The Morgan fingerprint density at radius 2 is 1.82 bits per heavy atom. The van der Waals surface area contributed by atoms with Crippen molar-refractivity contribution in [2.24, 2.45) is 11.5 Å². The van der Waals surface area contributed by atoms with Gasteiger partial charge in [-0.25, -0.2) is 0 Å². The fraction of sp³-hybridized carbons (Fsp3) is 0.0833. The van der Waals surface area contributed by atoms with Crippen LogP contribution in [-0.4, -0.2) is 16.8 Å². The fourth-order valence-corrected chi connectivity index (χ4v) is 1.74. The normalized spacial score (nSPS) is 10.6. The highest BCUT2D eigenvalue weighted by atomic mass is 16.2. The molecule has 0 radical (unpaired) electrons. The summed E-state index contributed by atoms with van der Waals surface area (Å²) in [6.45, 7) is 0. The van der Waals surface area contributed by atoms with Crippen LogP contribution >= 0.6 is 0 Å². The second-order valence-corrected chi connectivity index (χ2v) is 3.69. The molecule has 0 aliphatic carbocycles. The first kappa shape index (κ1) is 11.1. The molecule has 2 aromatic rings. The summed E-state index contributed by atoms with van der Waals surface area (Å²) in [6.07, 6.45) is 1.67. The minimum Gasteiger partial charge on any atom is -0.369 e. The van der Waals surface area contributed by atoms with Crippen LogP contribution in [0.15, 0.2) is 36.5 Å². The number of benzene rings is 1. The molecule has 17 heavy (non-hydrogen) atoms. The predicted molar refractivity (Wildman–Crippen MR) is 62.9 cm³/mol. The van der Waals surface area contributed by atoms with E-state index in [1.807, 2.05) is 6.07 Å². The van der Waals surface area contributed by atoms with Crippen molar-refractivity contribution in [3.05, 3.63) is 42.1 Å². The maximum Gasteiger partial charge on any atom is 0.234 e. The van der Waals surface area contributed by atoms with Crippen LogP contribution in [0, 0.1) is 0 Å². The molecule has 0 bridgehead atoms. The molecule has 1 aromatic carbocycles. The van der Waals surface area contributed by atoms with E-state index in [4.69, 9.17) is 11.5 Å². The molecule has 5 heteroatoms. The SMILES string of the molecule is NC(=O)C(C(N)=O)c1ccc2ncccc2c1. The lowest BCUT2D eigenvalue weighted by Gasteiger charge is -2.10. The van der Waals surface area contributed by atoms with Crippen molar-refractivity contribution in [3.63, 3.8) is 0 Å². The average molecular weight is 229 g/mol. The maximum atomic E-state index is 11.2. The number of amides is 2. The van der Waals surface area contributed by atoms with Gasteiger partial charge in [-0.3, -0.25) is 14.6 Å². The molecule has 0 aliphatic heterocycles. The molecule has 0 saturated carbocycles. The van der Waals surface area contributed by atoms with Crippen LogP contribution in [0.4, 0.5) is 0 Å². The number of hydrogen-bond donors (Lipinski definition) is 2. The van der Waals surface area contributed by atoms with Crippen LogP contribution in [0.3, 0.4) is 0 Å². The maximum absolute atomic E-state index is 11.2. The molecule has 0 spiro atoms. The number of carbonyl (C=O) groups excluding carboxylic acids is 2. The summed E-state index contributed by atoms with van der Waals surface area (Å²) < 4.78 is 0. The zero-order chi connectivity index (χ0) is 12.4.